The Balaban J connectivity index is 1.67. The smallest absolute Gasteiger partial charge is 0.251 e. The fraction of sp³-hybridized carbons (Fsp3) is 0.682. The molecule has 0 amide bonds. The Bertz CT molecular complexity index is 689. The third kappa shape index (κ3) is 6.28. The van der Waals surface area contributed by atoms with Gasteiger partial charge >= 0.3 is 0 Å². The van der Waals surface area contributed by atoms with E-state index in [1.165, 1.54) is 0 Å². The van der Waals surface area contributed by atoms with Crippen molar-refractivity contribution in [2.45, 2.75) is 50.5 Å². The molecule has 168 valence electrons. The van der Waals surface area contributed by atoms with Gasteiger partial charge in [0.2, 0.25) is 0 Å². The first-order valence-corrected chi connectivity index (χ1v) is 11.3. The predicted molar refractivity (Wildman–Crippen MR) is 118 cm³/mol. The summed E-state index contributed by atoms with van der Waals surface area (Å²) in [5.74, 6) is 0.780. The van der Waals surface area contributed by atoms with E-state index in [9.17, 15) is 8.78 Å². The van der Waals surface area contributed by atoms with E-state index in [1.54, 1.807) is 0 Å². The summed E-state index contributed by atoms with van der Waals surface area (Å²) in [5, 5.41) is 7.63. The Hall–Kier alpha value is -1.44. The number of piperidine rings is 1. The van der Waals surface area contributed by atoms with Crippen LogP contribution in [-0.4, -0.2) is 69.3 Å². The summed E-state index contributed by atoms with van der Waals surface area (Å²) in [6.45, 7) is 6.06. The summed E-state index contributed by atoms with van der Waals surface area (Å²) < 4.78 is 30.8. The molecule has 0 radical (unpaired) electrons. The first-order chi connectivity index (χ1) is 14.5. The third-order valence-electron chi connectivity index (χ3n) is 6.10. The van der Waals surface area contributed by atoms with Crippen LogP contribution in [0.2, 0.25) is 5.02 Å². The second-order valence-electron chi connectivity index (χ2n) is 8.18. The summed E-state index contributed by atoms with van der Waals surface area (Å²) in [7, 11) is 0. The molecule has 0 aliphatic carbocycles. The number of aliphatic imine (C=N–C) groups is 1. The quantitative estimate of drug-likeness (QED) is 0.499. The van der Waals surface area contributed by atoms with E-state index < -0.39 is 6.43 Å². The number of hydrogen-bond donors (Lipinski definition) is 2. The van der Waals surface area contributed by atoms with Gasteiger partial charge in [-0.2, -0.15) is 0 Å². The maximum atomic E-state index is 12.6. The van der Waals surface area contributed by atoms with Crippen LogP contribution >= 0.6 is 11.6 Å². The van der Waals surface area contributed by atoms with Crippen molar-refractivity contribution in [2.24, 2.45) is 4.99 Å². The maximum Gasteiger partial charge on any atom is 0.251 e. The monoisotopic (exact) mass is 442 g/mol. The standard InChI is InChI=1S/C22H33ClF2N4O/c1-2-26-21(28-17-7-11-29(12-8-17)15-20(24)25)27-16-22(9-13-30-14-10-22)18-5-3-4-6-19(18)23/h3-6,17,20H,2,7-16H2,1H3,(H2,26,27,28). The summed E-state index contributed by atoms with van der Waals surface area (Å²) in [6, 6.07) is 8.26. The number of hydrogen-bond acceptors (Lipinski definition) is 3. The number of nitrogens with zero attached hydrogens (tertiary/aromatic N) is 2. The van der Waals surface area contributed by atoms with E-state index in [2.05, 4.69) is 16.7 Å². The summed E-state index contributed by atoms with van der Waals surface area (Å²) in [5.41, 5.74) is 0.995. The van der Waals surface area contributed by atoms with Crippen LogP contribution < -0.4 is 10.6 Å². The molecule has 0 saturated carbocycles. The molecule has 2 saturated heterocycles. The highest BCUT2D eigenvalue weighted by molar-refractivity contribution is 6.31. The first-order valence-electron chi connectivity index (χ1n) is 10.9. The Labute approximate surface area is 183 Å². The molecule has 0 atom stereocenters. The van der Waals surface area contributed by atoms with Gasteiger partial charge in [-0.25, -0.2) is 8.78 Å². The molecule has 3 rings (SSSR count). The molecular weight excluding hydrogens is 410 g/mol. The van der Waals surface area contributed by atoms with Gasteiger partial charge in [0.15, 0.2) is 5.96 Å². The highest BCUT2D eigenvalue weighted by Crippen LogP contribution is 2.38. The lowest BCUT2D eigenvalue weighted by Crippen LogP contribution is -2.49. The average molecular weight is 443 g/mol. The summed E-state index contributed by atoms with van der Waals surface area (Å²) in [6.07, 6.45) is 1.16. The molecule has 8 heteroatoms. The van der Waals surface area contributed by atoms with Crippen LogP contribution in [0.3, 0.4) is 0 Å². The summed E-state index contributed by atoms with van der Waals surface area (Å²) in [4.78, 5) is 6.77. The van der Waals surface area contributed by atoms with Crippen LogP contribution in [0.25, 0.3) is 0 Å². The van der Waals surface area contributed by atoms with Crippen LogP contribution in [0.4, 0.5) is 8.78 Å². The molecule has 2 aliphatic heterocycles. The van der Waals surface area contributed by atoms with Crippen molar-refractivity contribution < 1.29 is 13.5 Å². The number of likely N-dealkylation sites (tertiary alicyclic amines) is 1. The molecule has 0 spiro atoms. The van der Waals surface area contributed by atoms with Crippen molar-refractivity contribution >= 4 is 17.6 Å². The van der Waals surface area contributed by atoms with E-state index in [0.29, 0.717) is 32.8 Å². The van der Waals surface area contributed by atoms with Gasteiger partial charge in [0.1, 0.15) is 0 Å². The second-order valence-corrected chi connectivity index (χ2v) is 8.59. The zero-order chi connectivity index (χ0) is 21.4. The van der Waals surface area contributed by atoms with E-state index >= 15 is 0 Å². The Morgan fingerprint density at radius 3 is 2.60 bits per heavy atom. The molecule has 1 aromatic rings. The number of guanidine groups is 1. The number of nitrogens with one attached hydrogen (secondary N) is 2. The fourth-order valence-electron chi connectivity index (χ4n) is 4.36. The van der Waals surface area contributed by atoms with Gasteiger partial charge in [-0.3, -0.25) is 9.89 Å². The lowest BCUT2D eigenvalue weighted by atomic mass is 9.74. The van der Waals surface area contributed by atoms with Crippen LogP contribution in [0.15, 0.2) is 29.3 Å². The number of halogens is 3. The molecule has 2 heterocycles. The molecule has 2 fully saturated rings. The Kier molecular flexibility index (Phi) is 8.72. The molecule has 5 nitrogen and oxygen atoms in total. The topological polar surface area (TPSA) is 48.9 Å². The van der Waals surface area contributed by atoms with Crippen molar-refractivity contribution in [2.75, 3.05) is 45.9 Å². The Morgan fingerprint density at radius 2 is 1.97 bits per heavy atom. The SMILES string of the molecule is CCNC(=NCC1(c2ccccc2Cl)CCOCC1)NC1CCN(CC(F)F)CC1. The average Bonchev–Trinajstić information content (AvgIpc) is 2.74. The van der Waals surface area contributed by atoms with E-state index in [-0.39, 0.29) is 18.0 Å². The zero-order valence-corrected chi connectivity index (χ0v) is 18.4. The molecule has 2 aliphatic rings. The lowest BCUT2D eigenvalue weighted by Gasteiger charge is -2.37. The van der Waals surface area contributed by atoms with Gasteiger partial charge in [-0.05, 0) is 44.2 Å². The molecular formula is C22H33ClF2N4O. The number of ether oxygens (including phenoxy) is 1. The van der Waals surface area contributed by atoms with Crippen LogP contribution in [0, 0.1) is 0 Å². The summed E-state index contributed by atoms with van der Waals surface area (Å²) >= 11 is 6.55. The third-order valence-corrected chi connectivity index (χ3v) is 6.43. The van der Waals surface area contributed by atoms with Crippen molar-refractivity contribution in [3.05, 3.63) is 34.9 Å². The minimum atomic E-state index is -2.27. The highest BCUT2D eigenvalue weighted by atomic mass is 35.5. The van der Waals surface area contributed by atoms with Crippen LogP contribution in [0.5, 0.6) is 0 Å². The normalized spacial score (nSPS) is 21.0. The highest BCUT2D eigenvalue weighted by Gasteiger charge is 2.36. The van der Waals surface area contributed by atoms with E-state index in [1.807, 2.05) is 30.0 Å². The largest absolute Gasteiger partial charge is 0.381 e. The molecule has 0 bridgehead atoms. The first kappa shape index (κ1) is 23.2. The molecule has 0 aromatic heterocycles. The van der Waals surface area contributed by atoms with Crippen molar-refractivity contribution in [3.63, 3.8) is 0 Å². The molecule has 30 heavy (non-hydrogen) atoms. The number of rotatable bonds is 7. The van der Waals surface area contributed by atoms with Gasteiger partial charge in [0.25, 0.3) is 6.43 Å². The fourth-order valence-corrected chi connectivity index (χ4v) is 4.70. The predicted octanol–water partition coefficient (Wildman–Crippen LogP) is 3.67. The van der Waals surface area contributed by atoms with E-state index in [4.69, 9.17) is 21.3 Å². The lowest BCUT2D eigenvalue weighted by molar-refractivity contribution is 0.0531. The minimum Gasteiger partial charge on any atom is -0.381 e. The zero-order valence-electron chi connectivity index (χ0n) is 17.7. The van der Waals surface area contributed by atoms with Gasteiger partial charge < -0.3 is 15.4 Å². The van der Waals surface area contributed by atoms with Gasteiger partial charge in [0, 0.05) is 49.3 Å². The van der Waals surface area contributed by atoms with Crippen molar-refractivity contribution in [3.8, 4) is 0 Å². The maximum absolute atomic E-state index is 12.6. The second kappa shape index (κ2) is 11.3. The molecule has 1 aromatic carbocycles. The van der Waals surface area contributed by atoms with Crippen molar-refractivity contribution in [1.82, 2.24) is 15.5 Å². The number of alkyl halides is 2. The van der Waals surface area contributed by atoms with Crippen molar-refractivity contribution in [1.29, 1.82) is 0 Å². The van der Waals surface area contributed by atoms with Gasteiger partial charge in [0.05, 0.1) is 13.1 Å². The molecule has 2 N–H and O–H groups in total. The number of benzene rings is 1. The van der Waals surface area contributed by atoms with Crippen LogP contribution in [0.1, 0.15) is 38.2 Å². The minimum absolute atomic E-state index is 0.136. The molecule has 0 unspecified atom stereocenters. The van der Waals surface area contributed by atoms with E-state index in [0.717, 1.165) is 48.8 Å². The van der Waals surface area contributed by atoms with Crippen LogP contribution in [-0.2, 0) is 10.2 Å². The van der Waals surface area contributed by atoms with Gasteiger partial charge in [-0.1, -0.05) is 29.8 Å². The van der Waals surface area contributed by atoms with Gasteiger partial charge in [-0.15, -0.1) is 0 Å². The Morgan fingerprint density at radius 1 is 1.27 bits per heavy atom.